The third-order valence-electron chi connectivity index (χ3n) is 3.62. The van der Waals surface area contributed by atoms with E-state index in [2.05, 4.69) is 38.3 Å². The molecule has 2 nitrogen and oxygen atoms in total. The van der Waals surface area contributed by atoms with E-state index in [1.807, 2.05) is 11.3 Å². The second-order valence-corrected chi connectivity index (χ2v) is 7.42. The maximum absolute atomic E-state index is 3.73. The van der Waals surface area contributed by atoms with E-state index >= 15 is 0 Å². The number of fused-ring (bicyclic) bond motifs is 2. The van der Waals surface area contributed by atoms with Gasteiger partial charge in [-0.15, -0.1) is 23.7 Å². The Kier molecular flexibility index (Phi) is 4.89. The van der Waals surface area contributed by atoms with Crippen LogP contribution in [0.25, 0.3) is 0 Å². The molecule has 17 heavy (non-hydrogen) atoms. The fourth-order valence-corrected chi connectivity index (χ4v) is 4.34. The predicted molar refractivity (Wildman–Crippen MR) is 79.1 cm³/mol. The third kappa shape index (κ3) is 3.44. The van der Waals surface area contributed by atoms with Crippen LogP contribution in [-0.4, -0.2) is 30.1 Å². The second kappa shape index (κ2) is 6.02. The molecule has 2 fully saturated rings. The van der Waals surface area contributed by atoms with Gasteiger partial charge >= 0.3 is 0 Å². The zero-order chi connectivity index (χ0) is 11.0. The summed E-state index contributed by atoms with van der Waals surface area (Å²) in [6.45, 7) is 3.61. The molecule has 1 aromatic heterocycles. The molecule has 1 N–H and O–H groups in total. The number of hydrogen-bond acceptors (Lipinski definition) is 3. The van der Waals surface area contributed by atoms with Crippen LogP contribution in [0.4, 0.5) is 0 Å². The number of hydrogen-bond donors (Lipinski definition) is 1. The Morgan fingerprint density at radius 3 is 2.88 bits per heavy atom. The third-order valence-corrected chi connectivity index (χ3v) is 5.22. The van der Waals surface area contributed by atoms with Crippen LogP contribution in [0.2, 0.25) is 0 Å². The Bertz CT molecular complexity index is 371. The molecule has 3 heterocycles. The highest BCUT2D eigenvalue weighted by Gasteiger charge is 2.29. The monoisotopic (exact) mass is 336 g/mol. The minimum Gasteiger partial charge on any atom is -0.310 e. The van der Waals surface area contributed by atoms with Crippen molar-refractivity contribution in [1.82, 2.24) is 10.2 Å². The van der Waals surface area contributed by atoms with E-state index in [-0.39, 0.29) is 12.4 Å². The van der Waals surface area contributed by atoms with Crippen molar-refractivity contribution in [2.24, 2.45) is 0 Å². The molecule has 0 aliphatic carbocycles. The summed E-state index contributed by atoms with van der Waals surface area (Å²) in [6.07, 6.45) is 4.08. The summed E-state index contributed by atoms with van der Waals surface area (Å²) in [4.78, 5) is 4.08. The summed E-state index contributed by atoms with van der Waals surface area (Å²) in [5.41, 5.74) is 0. The van der Waals surface area contributed by atoms with Gasteiger partial charge in [-0.2, -0.15) is 0 Å². The first-order chi connectivity index (χ1) is 7.79. The SMILES string of the molecule is Brc1ccc(CN2CCC3CCC(C2)N3)s1.Cl. The van der Waals surface area contributed by atoms with Gasteiger partial charge in [0.05, 0.1) is 3.79 Å². The quantitative estimate of drug-likeness (QED) is 0.891. The van der Waals surface area contributed by atoms with Crippen LogP contribution >= 0.6 is 39.7 Å². The van der Waals surface area contributed by atoms with Gasteiger partial charge in [0.25, 0.3) is 0 Å². The molecule has 1 aromatic rings. The Hall–Kier alpha value is 0.390. The van der Waals surface area contributed by atoms with Gasteiger partial charge < -0.3 is 5.32 Å². The van der Waals surface area contributed by atoms with Crippen molar-refractivity contribution in [2.45, 2.75) is 37.9 Å². The Morgan fingerprint density at radius 2 is 2.12 bits per heavy atom. The lowest BCUT2D eigenvalue weighted by Gasteiger charge is -2.23. The highest BCUT2D eigenvalue weighted by atomic mass is 79.9. The average Bonchev–Trinajstić information content (AvgIpc) is 2.77. The Labute approximate surface area is 121 Å². The average molecular weight is 338 g/mol. The molecule has 0 amide bonds. The fourth-order valence-electron chi connectivity index (χ4n) is 2.82. The van der Waals surface area contributed by atoms with E-state index in [9.17, 15) is 0 Å². The molecule has 2 aliphatic heterocycles. The molecule has 0 saturated carbocycles. The van der Waals surface area contributed by atoms with Gasteiger partial charge in [-0.3, -0.25) is 4.90 Å². The maximum Gasteiger partial charge on any atom is 0.0701 e. The number of rotatable bonds is 2. The molecular weight excluding hydrogens is 320 g/mol. The van der Waals surface area contributed by atoms with Crippen LogP contribution in [0, 0.1) is 0 Å². The van der Waals surface area contributed by atoms with Gasteiger partial charge in [0.1, 0.15) is 0 Å². The molecule has 3 rings (SSSR count). The predicted octanol–water partition coefficient (Wildman–Crippen LogP) is 3.26. The minimum absolute atomic E-state index is 0. The van der Waals surface area contributed by atoms with E-state index in [0.29, 0.717) is 0 Å². The second-order valence-electron chi connectivity index (χ2n) is 4.87. The summed E-state index contributed by atoms with van der Waals surface area (Å²) >= 11 is 5.40. The first kappa shape index (κ1) is 13.8. The summed E-state index contributed by atoms with van der Waals surface area (Å²) in [5, 5.41) is 3.73. The molecule has 2 bridgehead atoms. The molecule has 2 atom stereocenters. The Morgan fingerprint density at radius 1 is 1.29 bits per heavy atom. The normalized spacial score (nSPS) is 28.8. The molecule has 2 saturated heterocycles. The van der Waals surface area contributed by atoms with Crippen LogP contribution in [0.1, 0.15) is 24.1 Å². The lowest BCUT2D eigenvalue weighted by atomic mass is 10.1. The fraction of sp³-hybridized carbons (Fsp3) is 0.667. The van der Waals surface area contributed by atoms with E-state index in [0.717, 1.165) is 18.6 Å². The molecule has 96 valence electrons. The van der Waals surface area contributed by atoms with E-state index in [4.69, 9.17) is 0 Å². The largest absolute Gasteiger partial charge is 0.310 e. The first-order valence-corrected chi connectivity index (χ1v) is 7.63. The number of nitrogens with one attached hydrogen (secondary N) is 1. The number of thiophene rings is 1. The van der Waals surface area contributed by atoms with Gasteiger partial charge in [0, 0.05) is 36.6 Å². The van der Waals surface area contributed by atoms with Crippen LogP contribution in [-0.2, 0) is 6.54 Å². The number of nitrogens with zero attached hydrogens (tertiary/aromatic N) is 1. The molecular formula is C12H18BrClN2S. The van der Waals surface area contributed by atoms with Gasteiger partial charge in [-0.05, 0) is 47.3 Å². The van der Waals surface area contributed by atoms with Crippen molar-refractivity contribution in [3.63, 3.8) is 0 Å². The Balaban J connectivity index is 0.00000108. The van der Waals surface area contributed by atoms with Crippen LogP contribution in [0.5, 0.6) is 0 Å². The van der Waals surface area contributed by atoms with Crippen molar-refractivity contribution in [3.8, 4) is 0 Å². The van der Waals surface area contributed by atoms with Gasteiger partial charge in [-0.25, -0.2) is 0 Å². The zero-order valence-corrected chi connectivity index (χ0v) is 12.9. The van der Waals surface area contributed by atoms with Crippen molar-refractivity contribution in [1.29, 1.82) is 0 Å². The van der Waals surface area contributed by atoms with Gasteiger partial charge in [-0.1, -0.05) is 0 Å². The number of halogens is 2. The highest BCUT2D eigenvalue weighted by Crippen LogP contribution is 2.26. The molecule has 2 unspecified atom stereocenters. The summed E-state index contributed by atoms with van der Waals surface area (Å²) in [6, 6.07) is 5.94. The molecule has 5 heteroatoms. The standard InChI is InChI=1S/C12H17BrN2S.ClH/c13-12-4-3-11(16-12)8-15-6-5-9-1-2-10(7-15)14-9;/h3-4,9-10,14H,1-2,5-8H2;1H. The number of likely N-dealkylation sites (tertiary alicyclic amines) is 1. The van der Waals surface area contributed by atoms with Crippen LogP contribution in [0.3, 0.4) is 0 Å². The van der Waals surface area contributed by atoms with Gasteiger partial charge in [0.15, 0.2) is 0 Å². The summed E-state index contributed by atoms with van der Waals surface area (Å²) in [5.74, 6) is 0. The smallest absolute Gasteiger partial charge is 0.0701 e. The lowest BCUT2D eigenvalue weighted by Crippen LogP contribution is -2.34. The van der Waals surface area contributed by atoms with E-state index in [1.54, 1.807) is 0 Å². The van der Waals surface area contributed by atoms with Crippen LogP contribution < -0.4 is 5.32 Å². The minimum atomic E-state index is 0. The van der Waals surface area contributed by atoms with Gasteiger partial charge in [0.2, 0.25) is 0 Å². The topological polar surface area (TPSA) is 15.3 Å². The summed E-state index contributed by atoms with van der Waals surface area (Å²) in [7, 11) is 0. The first-order valence-electron chi connectivity index (χ1n) is 6.02. The summed E-state index contributed by atoms with van der Waals surface area (Å²) < 4.78 is 1.25. The molecule has 0 spiro atoms. The van der Waals surface area contributed by atoms with Crippen LogP contribution in [0.15, 0.2) is 15.9 Å². The lowest BCUT2D eigenvalue weighted by molar-refractivity contribution is 0.253. The van der Waals surface area contributed by atoms with Crippen molar-refractivity contribution < 1.29 is 0 Å². The van der Waals surface area contributed by atoms with Crippen molar-refractivity contribution in [2.75, 3.05) is 13.1 Å². The van der Waals surface area contributed by atoms with Crippen molar-refractivity contribution in [3.05, 3.63) is 20.8 Å². The molecule has 0 aromatic carbocycles. The zero-order valence-electron chi connectivity index (χ0n) is 9.69. The maximum atomic E-state index is 3.73. The van der Waals surface area contributed by atoms with E-state index < -0.39 is 0 Å². The van der Waals surface area contributed by atoms with Crippen molar-refractivity contribution >= 4 is 39.7 Å². The highest BCUT2D eigenvalue weighted by molar-refractivity contribution is 9.11. The molecule has 2 aliphatic rings. The van der Waals surface area contributed by atoms with E-state index in [1.165, 1.54) is 41.0 Å². The molecule has 0 radical (unpaired) electrons.